The van der Waals surface area contributed by atoms with Gasteiger partial charge in [0.15, 0.2) is 9.84 Å². The van der Waals surface area contributed by atoms with Gasteiger partial charge in [0.2, 0.25) is 0 Å². The van der Waals surface area contributed by atoms with Gasteiger partial charge in [0.25, 0.3) is 5.91 Å². The molecule has 0 aliphatic rings. The summed E-state index contributed by atoms with van der Waals surface area (Å²) in [6, 6.07) is 23.1. The maximum Gasteiger partial charge on any atom is 0.252 e. The van der Waals surface area contributed by atoms with E-state index in [0.717, 1.165) is 27.8 Å². The predicted octanol–water partition coefficient (Wildman–Crippen LogP) is 4.80. The highest BCUT2D eigenvalue weighted by atomic mass is 32.2. The number of carbonyl (C=O) groups excluding carboxylic acids is 1. The van der Waals surface area contributed by atoms with E-state index in [4.69, 9.17) is 9.72 Å². The fourth-order valence-corrected chi connectivity index (χ4v) is 4.26. The molecule has 3 aromatic carbocycles. The average Bonchev–Trinajstić information content (AvgIpc) is 2.82. The van der Waals surface area contributed by atoms with E-state index in [1.807, 2.05) is 55.5 Å². The summed E-state index contributed by atoms with van der Waals surface area (Å²) in [4.78, 5) is 18.3. The number of benzene rings is 3. The van der Waals surface area contributed by atoms with Crippen LogP contribution in [-0.2, 0) is 9.84 Å². The van der Waals surface area contributed by atoms with Crippen molar-refractivity contribution < 1.29 is 17.9 Å². The van der Waals surface area contributed by atoms with Crippen LogP contribution in [0.5, 0.6) is 5.75 Å². The quantitative estimate of drug-likeness (QED) is 0.447. The Balaban J connectivity index is 1.66. The van der Waals surface area contributed by atoms with E-state index in [2.05, 4.69) is 5.32 Å². The molecule has 0 saturated carbocycles. The molecule has 0 aliphatic heterocycles. The molecular weight excluding hydrogens is 436 g/mol. The summed E-state index contributed by atoms with van der Waals surface area (Å²) in [5, 5.41) is 3.78. The maximum atomic E-state index is 13.3. The molecule has 4 aromatic rings. The fourth-order valence-electron chi connectivity index (χ4n) is 3.63. The third-order valence-corrected chi connectivity index (χ3v) is 6.63. The number of hydrogen-bond donors (Lipinski definition) is 1. The Hall–Kier alpha value is -3.71. The minimum Gasteiger partial charge on any atom is -0.497 e. The molecule has 7 heteroatoms. The summed E-state index contributed by atoms with van der Waals surface area (Å²) in [6.45, 7) is 1.86. The molecule has 4 rings (SSSR count). The van der Waals surface area contributed by atoms with Crippen molar-refractivity contribution in [1.82, 2.24) is 10.3 Å². The molecule has 33 heavy (non-hydrogen) atoms. The third-order valence-electron chi connectivity index (χ3n) is 5.50. The Morgan fingerprint density at radius 3 is 2.27 bits per heavy atom. The van der Waals surface area contributed by atoms with Crippen molar-refractivity contribution >= 4 is 26.6 Å². The predicted molar refractivity (Wildman–Crippen MR) is 129 cm³/mol. The lowest BCUT2D eigenvalue weighted by atomic mass is 10.0. The first kappa shape index (κ1) is 22.5. The van der Waals surface area contributed by atoms with E-state index in [0.29, 0.717) is 11.3 Å². The zero-order chi connectivity index (χ0) is 23.6. The van der Waals surface area contributed by atoms with Gasteiger partial charge in [-0.25, -0.2) is 13.4 Å². The van der Waals surface area contributed by atoms with Crippen LogP contribution in [-0.4, -0.2) is 32.7 Å². The highest BCUT2D eigenvalue weighted by molar-refractivity contribution is 7.90. The Kier molecular flexibility index (Phi) is 6.16. The van der Waals surface area contributed by atoms with Gasteiger partial charge >= 0.3 is 0 Å². The first-order chi connectivity index (χ1) is 15.8. The van der Waals surface area contributed by atoms with Gasteiger partial charge in [0.1, 0.15) is 5.75 Å². The molecule has 1 heterocycles. The molecule has 0 aliphatic carbocycles. The highest BCUT2D eigenvalue weighted by Crippen LogP contribution is 2.27. The second-order valence-corrected chi connectivity index (χ2v) is 9.85. The topological polar surface area (TPSA) is 85.4 Å². The summed E-state index contributed by atoms with van der Waals surface area (Å²) in [7, 11) is -1.66. The SMILES string of the molecule is COc1ccc(-c2cc(C(=O)N[C@@H](C)c3ccc(S(C)(=O)=O)cc3)c3ccccc3n2)cc1. The number of fused-ring (bicyclic) bond motifs is 1. The van der Waals surface area contributed by atoms with Gasteiger partial charge < -0.3 is 10.1 Å². The molecule has 1 atom stereocenters. The Morgan fingerprint density at radius 1 is 0.970 bits per heavy atom. The lowest BCUT2D eigenvalue weighted by molar-refractivity contribution is 0.0941. The number of aromatic nitrogens is 1. The van der Waals surface area contributed by atoms with Crippen molar-refractivity contribution in [2.45, 2.75) is 17.9 Å². The molecule has 0 radical (unpaired) electrons. The smallest absolute Gasteiger partial charge is 0.252 e. The van der Waals surface area contributed by atoms with Crippen molar-refractivity contribution in [3.63, 3.8) is 0 Å². The number of sulfone groups is 1. The van der Waals surface area contributed by atoms with Crippen LogP contribution in [0.2, 0.25) is 0 Å². The van der Waals surface area contributed by atoms with Crippen molar-refractivity contribution in [2.24, 2.45) is 0 Å². The summed E-state index contributed by atoms with van der Waals surface area (Å²) < 4.78 is 28.6. The van der Waals surface area contributed by atoms with Crippen LogP contribution in [0.3, 0.4) is 0 Å². The second kappa shape index (κ2) is 9.03. The third kappa shape index (κ3) is 4.88. The van der Waals surface area contributed by atoms with Gasteiger partial charge in [-0.2, -0.15) is 0 Å². The number of nitrogens with one attached hydrogen (secondary N) is 1. The molecule has 1 N–H and O–H groups in total. The highest BCUT2D eigenvalue weighted by Gasteiger charge is 2.17. The van der Waals surface area contributed by atoms with Crippen molar-refractivity contribution in [2.75, 3.05) is 13.4 Å². The second-order valence-electron chi connectivity index (χ2n) is 7.84. The Labute approximate surface area is 193 Å². The van der Waals surface area contributed by atoms with E-state index in [-0.39, 0.29) is 16.8 Å². The number of hydrogen-bond acceptors (Lipinski definition) is 5. The molecule has 6 nitrogen and oxygen atoms in total. The fraction of sp³-hybridized carbons (Fsp3) is 0.154. The average molecular weight is 461 g/mol. The largest absolute Gasteiger partial charge is 0.497 e. The van der Waals surface area contributed by atoms with E-state index in [9.17, 15) is 13.2 Å². The van der Waals surface area contributed by atoms with Gasteiger partial charge in [0.05, 0.1) is 34.8 Å². The van der Waals surface area contributed by atoms with Crippen LogP contribution in [0.15, 0.2) is 83.8 Å². The number of methoxy groups -OCH3 is 1. The van der Waals surface area contributed by atoms with Crippen LogP contribution >= 0.6 is 0 Å². The lowest BCUT2D eigenvalue weighted by Gasteiger charge is -2.16. The number of pyridine rings is 1. The lowest BCUT2D eigenvalue weighted by Crippen LogP contribution is -2.27. The van der Waals surface area contributed by atoms with Crippen molar-refractivity contribution in [3.8, 4) is 17.0 Å². The summed E-state index contributed by atoms with van der Waals surface area (Å²) >= 11 is 0. The first-order valence-corrected chi connectivity index (χ1v) is 12.3. The standard InChI is InChI=1S/C26H24N2O4S/c1-17(18-10-14-21(15-11-18)33(3,30)31)27-26(29)23-16-25(19-8-12-20(32-2)13-9-19)28-24-7-5-4-6-22(23)24/h4-17H,1-3H3,(H,27,29)/t17-/m0/s1. The van der Waals surface area contributed by atoms with Gasteiger partial charge in [-0.3, -0.25) is 4.79 Å². The minimum absolute atomic E-state index is 0.233. The van der Waals surface area contributed by atoms with Crippen LogP contribution in [0, 0.1) is 0 Å². The molecule has 0 saturated heterocycles. The van der Waals surface area contributed by atoms with E-state index >= 15 is 0 Å². The maximum absolute atomic E-state index is 13.3. The number of nitrogens with zero attached hydrogens (tertiary/aromatic N) is 1. The van der Waals surface area contributed by atoms with Gasteiger partial charge in [0, 0.05) is 17.2 Å². The monoisotopic (exact) mass is 460 g/mol. The molecule has 0 unspecified atom stereocenters. The van der Waals surface area contributed by atoms with Gasteiger partial charge in [-0.05, 0) is 61.0 Å². The van der Waals surface area contributed by atoms with Crippen LogP contribution < -0.4 is 10.1 Å². The summed E-state index contributed by atoms with van der Waals surface area (Å²) in [5.41, 5.74) is 3.61. The van der Waals surface area contributed by atoms with Gasteiger partial charge in [-0.15, -0.1) is 0 Å². The molecule has 1 aromatic heterocycles. The molecule has 1 amide bonds. The molecule has 0 spiro atoms. The minimum atomic E-state index is -3.27. The first-order valence-electron chi connectivity index (χ1n) is 10.4. The van der Waals surface area contributed by atoms with Crippen molar-refractivity contribution in [3.05, 3.63) is 90.0 Å². The zero-order valence-corrected chi connectivity index (χ0v) is 19.4. The molecule has 0 bridgehead atoms. The zero-order valence-electron chi connectivity index (χ0n) is 18.6. The van der Waals surface area contributed by atoms with Crippen LogP contribution in [0.1, 0.15) is 28.9 Å². The van der Waals surface area contributed by atoms with E-state index < -0.39 is 9.84 Å². The Morgan fingerprint density at radius 2 is 1.64 bits per heavy atom. The number of ether oxygens (including phenoxy) is 1. The van der Waals surface area contributed by atoms with E-state index in [1.165, 1.54) is 6.26 Å². The Bertz CT molecular complexity index is 1410. The normalized spacial score (nSPS) is 12.3. The molecular formula is C26H24N2O4S. The summed E-state index contributed by atoms with van der Waals surface area (Å²) in [6.07, 6.45) is 1.17. The number of carbonyl (C=O) groups is 1. The van der Waals surface area contributed by atoms with E-state index in [1.54, 1.807) is 37.4 Å². The number of amides is 1. The molecule has 0 fully saturated rings. The van der Waals surface area contributed by atoms with Gasteiger partial charge in [-0.1, -0.05) is 30.3 Å². The number of para-hydroxylation sites is 1. The van der Waals surface area contributed by atoms with Crippen molar-refractivity contribution in [1.29, 1.82) is 0 Å². The molecule has 168 valence electrons. The number of rotatable bonds is 6. The summed E-state index contributed by atoms with van der Waals surface area (Å²) in [5.74, 6) is 0.510. The van der Waals surface area contributed by atoms with Crippen LogP contribution in [0.25, 0.3) is 22.2 Å². The van der Waals surface area contributed by atoms with Crippen LogP contribution in [0.4, 0.5) is 0 Å².